The summed E-state index contributed by atoms with van der Waals surface area (Å²) < 4.78 is 5.15. The third-order valence-electron chi connectivity index (χ3n) is 1.68. The predicted molar refractivity (Wildman–Crippen MR) is 52.4 cm³/mol. The first-order chi connectivity index (χ1) is 6.22. The lowest BCUT2D eigenvalue weighted by Crippen LogP contribution is -2.35. The van der Waals surface area contributed by atoms with Gasteiger partial charge in [0.05, 0.1) is 6.61 Å². The van der Waals surface area contributed by atoms with Gasteiger partial charge in [-0.05, 0) is 13.3 Å². The summed E-state index contributed by atoms with van der Waals surface area (Å²) in [6, 6.07) is 0. The number of rotatable bonds is 7. The van der Waals surface area contributed by atoms with Gasteiger partial charge in [-0.2, -0.15) is 0 Å². The summed E-state index contributed by atoms with van der Waals surface area (Å²) in [7, 11) is 0. The van der Waals surface area contributed by atoms with Crippen LogP contribution in [0.4, 0.5) is 0 Å². The Morgan fingerprint density at radius 2 is 2.31 bits per heavy atom. The van der Waals surface area contributed by atoms with Crippen LogP contribution in [0.2, 0.25) is 0 Å². The van der Waals surface area contributed by atoms with E-state index in [0.717, 1.165) is 19.4 Å². The van der Waals surface area contributed by atoms with Crippen LogP contribution in [0.1, 0.15) is 26.7 Å². The summed E-state index contributed by atoms with van der Waals surface area (Å²) >= 11 is 0. The molecule has 0 aromatic heterocycles. The van der Waals surface area contributed by atoms with Gasteiger partial charge in [-0.3, -0.25) is 4.79 Å². The third-order valence-corrected chi connectivity index (χ3v) is 1.68. The van der Waals surface area contributed by atoms with Crippen LogP contribution in [0.5, 0.6) is 0 Å². The van der Waals surface area contributed by atoms with E-state index in [1.165, 1.54) is 0 Å². The SMILES string of the molecule is CCCCNC(=O)C(C)OCCN. The average Bonchev–Trinajstić information content (AvgIpc) is 2.14. The summed E-state index contributed by atoms with van der Waals surface area (Å²) in [6.45, 7) is 5.43. The van der Waals surface area contributed by atoms with Gasteiger partial charge in [-0.1, -0.05) is 13.3 Å². The minimum absolute atomic E-state index is 0.0538. The lowest BCUT2D eigenvalue weighted by molar-refractivity contribution is -0.131. The zero-order valence-electron chi connectivity index (χ0n) is 8.51. The highest BCUT2D eigenvalue weighted by Crippen LogP contribution is 1.90. The van der Waals surface area contributed by atoms with E-state index < -0.39 is 0 Å². The molecule has 0 aliphatic rings. The van der Waals surface area contributed by atoms with E-state index >= 15 is 0 Å². The fraction of sp³-hybridized carbons (Fsp3) is 0.889. The molecule has 1 atom stereocenters. The molecule has 3 N–H and O–H groups in total. The molecule has 0 saturated heterocycles. The second-order valence-corrected chi connectivity index (χ2v) is 2.95. The van der Waals surface area contributed by atoms with Crippen LogP contribution >= 0.6 is 0 Å². The summed E-state index contributed by atoms with van der Waals surface area (Å²) in [5.74, 6) is -0.0538. The Balaban J connectivity index is 3.45. The van der Waals surface area contributed by atoms with E-state index in [0.29, 0.717) is 13.2 Å². The largest absolute Gasteiger partial charge is 0.367 e. The summed E-state index contributed by atoms with van der Waals surface area (Å²) in [6.07, 6.45) is 1.70. The highest BCUT2D eigenvalue weighted by Gasteiger charge is 2.11. The summed E-state index contributed by atoms with van der Waals surface area (Å²) in [4.78, 5) is 11.2. The number of amides is 1. The van der Waals surface area contributed by atoms with E-state index in [-0.39, 0.29) is 12.0 Å². The van der Waals surface area contributed by atoms with E-state index in [9.17, 15) is 4.79 Å². The van der Waals surface area contributed by atoms with Crippen molar-refractivity contribution in [2.45, 2.75) is 32.8 Å². The molecule has 0 aromatic carbocycles. The minimum Gasteiger partial charge on any atom is -0.367 e. The maximum atomic E-state index is 11.2. The number of carbonyl (C=O) groups excluding carboxylic acids is 1. The molecular formula is C9H20N2O2. The van der Waals surface area contributed by atoms with E-state index in [1.54, 1.807) is 6.92 Å². The number of nitrogens with one attached hydrogen (secondary N) is 1. The molecule has 0 bridgehead atoms. The van der Waals surface area contributed by atoms with E-state index in [2.05, 4.69) is 12.2 Å². The Kier molecular flexibility index (Phi) is 7.63. The first-order valence-corrected chi connectivity index (χ1v) is 4.81. The van der Waals surface area contributed by atoms with Gasteiger partial charge < -0.3 is 15.8 Å². The van der Waals surface area contributed by atoms with Crippen LogP contribution < -0.4 is 11.1 Å². The van der Waals surface area contributed by atoms with Crippen molar-refractivity contribution in [1.29, 1.82) is 0 Å². The molecule has 0 aliphatic carbocycles. The summed E-state index contributed by atoms with van der Waals surface area (Å²) in [5, 5.41) is 2.79. The highest BCUT2D eigenvalue weighted by atomic mass is 16.5. The molecule has 0 saturated carbocycles. The molecule has 78 valence electrons. The Morgan fingerprint density at radius 3 is 2.85 bits per heavy atom. The topological polar surface area (TPSA) is 64.3 Å². The van der Waals surface area contributed by atoms with E-state index in [1.807, 2.05) is 0 Å². The smallest absolute Gasteiger partial charge is 0.248 e. The van der Waals surface area contributed by atoms with Crippen LogP contribution in [0.3, 0.4) is 0 Å². The fourth-order valence-corrected chi connectivity index (χ4v) is 0.853. The van der Waals surface area contributed by atoms with Crippen LogP contribution in [-0.2, 0) is 9.53 Å². The maximum absolute atomic E-state index is 11.2. The number of unbranched alkanes of at least 4 members (excludes halogenated alkanes) is 1. The minimum atomic E-state index is -0.389. The van der Waals surface area contributed by atoms with Crippen molar-refractivity contribution in [3.05, 3.63) is 0 Å². The number of hydrogen-bond donors (Lipinski definition) is 2. The van der Waals surface area contributed by atoms with Crippen molar-refractivity contribution in [2.75, 3.05) is 19.7 Å². The highest BCUT2D eigenvalue weighted by molar-refractivity contribution is 5.80. The lowest BCUT2D eigenvalue weighted by atomic mass is 10.3. The van der Waals surface area contributed by atoms with Crippen molar-refractivity contribution in [3.8, 4) is 0 Å². The van der Waals surface area contributed by atoms with Crippen molar-refractivity contribution in [3.63, 3.8) is 0 Å². The Bertz CT molecular complexity index is 140. The second-order valence-electron chi connectivity index (χ2n) is 2.95. The molecule has 0 spiro atoms. The molecule has 0 heterocycles. The van der Waals surface area contributed by atoms with Crippen molar-refractivity contribution in [2.24, 2.45) is 5.73 Å². The number of carbonyl (C=O) groups is 1. The molecule has 0 radical (unpaired) electrons. The first kappa shape index (κ1) is 12.4. The van der Waals surface area contributed by atoms with E-state index in [4.69, 9.17) is 10.5 Å². The van der Waals surface area contributed by atoms with Gasteiger partial charge in [0.15, 0.2) is 0 Å². The Morgan fingerprint density at radius 1 is 1.62 bits per heavy atom. The van der Waals surface area contributed by atoms with Crippen molar-refractivity contribution >= 4 is 5.91 Å². The molecule has 0 rings (SSSR count). The quantitative estimate of drug-likeness (QED) is 0.563. The van der Waals surface area contributed by atoms with Gasteiger partial charge in [0.1, 0.15) is 6.10 Å². The fourth-order valence-electron chi connectivity index (χ4n) is 0.853. The molecule has 0 aromatic rings. The van der Waals surface area contributed by atoms with Gasteiger partial charge in [0.25, 0.3) is 0 Å². The van der Waals surface area contributed by atoms with Gasteiger partial charge in [-0.25, -0.2) is 0 Å². The zero-order valence-corrected chi connectivity index (χ0v) is 8.51. The molecule has 13 heavy (non-hydrogen) atoms. The van der Waals surface area contributed by atoms with Crippen molar-refractivity contribution < 1.29 is 9.53 Å². The molecular weight excluding hydrogens is 168 g/mol. The molecule has 4 nitrogen and oxygen atoms in total. The predicted octanol–water partition coefficient (Wildman–Crippen LogP) is 0.267. The monoisotopic (exact) mass is 188 g/mol. The molecule has 1 amide bonds. The normalized spacial score (nSPS) is 12.5. The van der Waals surface area contributed by atoms with Gasteiger partial charge >= 0.3 is 0 Å². The maximum Gasteiger partial charge on any atom is 0.248 e. The van der Waals surface area contributed by atoms with Gasteiger partial charge in [0, 0.05) is 13.1 Å². The number of hydrogen-bond acceptors (Lipinski definition) is 3. The molecule has 4 heteroatoms. The lowest BCUT2D eigenvalue weighted by Gasteiger charge is -2.12. The van der Waals surface area contributed by atoms with Crippen LogP contribution in [0.15, 0.2) is 0 Å². The molecule has 1 unspecified atom stereocenters. The number of ether oxygens (including phenoxy) is 1. The first-order valence-electron chi connectivity index (χ1n) is 4.81. The second kappa shape index (κ2) is 8.01. The summed E-state index contributed by atoms with van der Waals surface area (Å²) in [5.41, 5.74) is 5.24. The number of nitrogens with two attached hydrogens (primary N) is 1. The zero-order chi connectivity index (χ0) is 10.1. The molecule has 0 aliphatic heterocycles. The van der Waals surface area contributed by atoms with Crippen LogP contribution in [-0.4, -0.2) is 31.7 Å². The van der Waals surface area contributed by atoms with Crippen molar-refractivity contribution in [1.82, 2.24) is 5.32 Å². The van der Waals surface area contributed by atoms with Gasteiger partial charge in [-0.15, -0.1) is 0 Å². The van der Waals surface area contributed by atoms with Gasteiger partial charge in [0.2, 0.25) is 5.91 Å². The third kappa shape index (κ3) is 6.54. The van der Waals surface area contributed by atoms with Crippen LogP contribution in [0, 0.1) is 0 Å². The molecule has 0 fully saturated rings. The Hall–Kier alpha value is -0.610. The standard InChI is InChI=1S/C9H20N2O2/c1-3-4-6-11-9(12)8(2)13-7-5-10/h8H,3-7,10H2,1-2H3,(H,11,12). The Labute approximate surface area is 79.8 Å². The van der Waals surface area contributed by atoms with Crippen LogP contribution in [0.25, 0.3) is 0 Å². The average molecular weight is 188 g/mol.